The Kier molecular flexibility index (Phi) is 12.1. The Hall–Kier alpha value is 0.310. The van der Waals surface area contributed by atoms with Crippen molar-refractivity contribution in [3.05, 3.63) is 61.4 Å². The summed E-state index contributed by atoms with van der Waals surface area (Å²) in [4.78, 5) is 0. The van der Waals surface area contributed by atoms with Gasteiger partial charge in [0.05, 0.1) is 6.10 Å². The van der Waals surface area contributed by atoms with Gasteiger partial charge < -0.3 is 20.0 Å². The Labute approximate surface area is 177 Å². The van der Waals surface area contributed by atoms with Crippen LogP contribution in [0.25, 0.3) is 0 Å². The topological polar surface area (TPSA) is 20.2 Å². The minimum atomic E-state index is -0.237. The normalized spacial score (nSPS) is 27.2. The van der Waals surface area contributed by atoms with Crippen LogP contribution >= 0.6 is 12.4 Å². The van der Waals surface area contributed by atoms with Crippen molar-refractivity contribution in [3.63, 3.8) is 0 Å². The van der Waals surface area contributed by atoms with Crippen molar-refractivity contribution >= 4 is 19.3 Å². The summed E-state index contributed by atoms with van der Waals surface area (Å²) in [6.45, 7) is 1.95. The van der Waals surface area contributed by atoms with E-state index in [1.807, 2.05) is 6.88 Å². The molecule has 0 spiro atoms. The van der Waals surface area contributed by atoms with Crippen molar-refractivity contribution in [2.45, 2.75) is 57.5 Å². The van der Waals surface area contributed by atoms with Crippen LogP contribution in [-0.4, -0.2) is 18.1 Å². The van der Waals surface area contributed by atoms with E-state index in [1.165, 1.54) is 62.5 Å². The summed E-state index contributed by atoms with van der Waals surface area (Å²) in [5, 5.41) is 11.0. The molecule has 0 saturated carbocycles. The van der Waals surface area contributed by atoms with Crippen LogP contribution in [0.2, 0.25) is 0 Å². The van der Waals surface area contributed by atoms with Crippen molar-refractivity contribution in [2.75, 3.05) is 0 Å². The molecule has 0 bridgehead atoms. The SMILES string of the molecule is Cl.OC(C1C=CC2=C1CCCC2)C1C=CC2=C1CCCC2.[CH3-].[CH3-].[SiH2]=[Zr+2]. The van der Waals surface area contributed by atoms with E-state index in [4.69, 9.17) is 0 Å². The van der Waals surface area contributed by atoms with Gasteiger partial charge in [-0.1, -0.05) is 35.5 Å². The van der Waals surface area contributed by atoms with E-state index < -0.39 is 0 Å². The molecule has 1 nitrogen and oxygen atoms in total. The third-order valence-corrected chi connectivity index (χ3v) is 5.66. The van der Waals surface area contributed by atoms with Crippen molar-refractivity contribution in [3.8, 4) is 0 Å². The predicted octanol–water partition coefficient (Wildman–Crippen LogP) is 4.86. The molecule has 0 aromatic rings. The van der Waals surface area contributed by atoms with Crippen LogP contribution in [0, 0.1) is 26.7 Å². The molecule has 0 amide bonds. The first-order valence-corrected chi connectivity index (χ1v) is 14.6. The van der Waals surface area contributed by atoms with E-state index in [1.54, 1.807) is 34.5 Å². The second-order valence-corrected chi connectivity index (χ2v) is 6.78. The maximum absolute atomic E-state index is 11.0. The zero-order chi connectivity index (χ0) is 15.5. The molecule has 1 N–H and O–H groups in total. The molecule has 4 aliphatic rings. The molecule has 0 aromatic carbocycles. The van der Waals surface area contributed by atoms with Gasteiger partial charge in [0.15, 0.2) is 0 Å². The number of aliphatic hydroxyl groups excluding tert-OH is 1. The van der Waals surface area contributed by atoms with Crippen LogP contribution in [0.4, 0.5) is 0 Å². The summed E-state index contributed by atoms with van der Waals surface area (Å²) in [7, 11) is 0. The standard InChI is InChI=1S/C19H24O.2CH3.ClH.H2Si.Zr/c20-19(17-11-9-13-5-1-3-7-15(13)17)18-12-10-14-6-2-4-8-16(14)18;;;;;/h9-12,17-20H,1-8H2;2*1H3;1H;1H2;/q;2*-1;;;+2. The zero-order valence-electron chi connectivity index (χ0n) is 15.8. The number of halogens is 1. The number of allylic oxidation sites excluding steroid dienone is 4. The average molecular weight is 456 g/mol. The summed E-state index contributed by atoms with van der Waals surface area (Å²) in [6.07, 6.45) is 19.0. The van der Waals surface area contributed by atoms with Gasteiger partial charge in [-0.15, -0.1) is 12.4 Å². The van der Waals surface area contributed by atoms with Crippen LogP contribution in [0.5, 0.6) is 0 Å². The summed E-state index contributed by atoms with van der Waals surface area (Å²) in [5.74, 6) is 0.572. The van der Waals surface area contributed by atoms with Gasteiger partial charge in [-0.2, -0.15) is 0 Å². The van der Waals surface area contributed by atoms with Crippen LogP contribution in [0.3, 0.4) is 0 Å². The quantitative estimate of drug-likeness (QED) is 0.465. The molecule has 25 heavy (non-hydrogen) atoms. The second-order valence-electron chi connectivity index (χ2n) is 6.78. The van der Waals surface area contributed by atoms with Crippen LogP contribution < -0.4 is 0 Å². The first-order valence-electron chi connectivity index (χ1n) is 8.68. The third kappa shape index (κ3) is 5.18. The third-order valence-electron chi connectivity index (χ3n) is 5.66. The summed E-state index contributed by atoms with van der Waals surface area (Å²) < 4.78 is 0. The average Bonchev–Trinajstić information content (AvgIpc) is 3.20. The molecular formula is C21H33ClOSiZr. The fourth-order valence-electron chi connectivity index (χ4n) is 4.58. The monoisotopic (exact) mass is 454 g/mol. The van der Waals surface area contributed by atoms with Gasteiger partial charge in [-0.05, 0) is 62.5 Å². The van der Waals surface area contributed by atoms with Gasteiger partial charge in [0.25, 0.3) is 0 Å². The molecule has 4 heteroatoms. The molecule has 2 atom stereocenters. The van der Waals surface area contributed by atoms with Gasteiger partial charge in [0.2, 0.25) is 0 Å². The van der Waals surface area contributed by atoms with Gasteiger partial charge >= 0.3 is 30.2 Å². The fraction of sp³-hybridized carbons (Fsp3) is 0.524. The summed E-state index contributed by atoms with van der Waals surface area (Å²) >= 11 is 1.58. The molecule has 0 radical (unpaired) electrons. The zero-order valence-corrected chi connectivity index (χ0v) is 20.4. The number of rotatable bonds is 2. The number of hydrogen-bond donors (Lipinski definition) is 1. The Balaban J connectivity index is 0.00000111. The molecule has 0 saturated heterocycles. The van der Waals surface area contributed by atoms with Crippen LogP contribution in [-0.2, 0) is 23.3 Å². The van der Waals surface area contributed by atoms with Gasteiger partial charge in [0.1, 0.15) is 0 Å². The first kappa shape index (κ1) is 25.3. The Bertz CT molecular complexity index is 516. The first-order chi connectivity index (χ1) is 10.8. The maximum atomic E-state index is 11.0. The van der Waals surface area contributed by atoms with E-state index >= 15 is 0 Å². The molecule has 0 aliphatic heterocycles. The van der Waals surface area contributed by atoms with E-state index in [9.17, 15) is 5.11 Å². The Morgan fingerprint density at radius 3 is 1.56 bits per heavy atom. The Morgan fingerprint density at radius 1 is 0.800 bits per heavy atom. The van der Waals surface area contributed by atoms with Gasteiger partial charge in [-0.25, -0.2) is 0 Å². The molecular weight excluding hydrogens is 423 g/mol. The van der Waals surface area contributed by atoms with E-state index in [0.29, 0.717) is 0 Å². The molecule has 0 fully saturated rings. The number of aliphatic hydroxyl groups is 1. The number of hydrogen-bond acceptors (Lipinski definition) is 1. The summed E-state index contributed by atoms with van der Waals surface area (Å²) in [6, 6.07) is 0. The summed E-state index contributed by atoms with van der Waals surface area (Å²) in [5.41, 5.74) is 6.14. The van der Waals surface area contributed by atoms with Gasteiger partial charge in [0, 0.05) is 11.8 Å². The van der Waals surface area contributed by atoms with E-state index in [-0.39, 0.29) is 45.2 Å². The fourth-order valence-corrected chi connectivity index (χ4v) is 4.58. The molecule has 0 heterocycles. The predicted molar refractivity (Wildman–Crippen MR) is 111 cm³/mol. The molecule has 4 aliphatic carbocycles. The van der Waals surface area contributed by atoms with Crippen LogP contribution in [0.15, 0.2) is 46.6 Å². The van der Waals surface area contributed by atoms with E-state index in [2.05, 4.69) is 24.3 Å². The second kappa shape index (κ2) is 11.9. The van der Waals surface area contributed by atoms with Crippen molar-refractivity contribution < 1.29 is 28.4 Å². The van der Waals surface area contributed by atoms with Crippen molar-refractivity contribution in [1.29, 1.82) is 0 Å². The van der Waals surface area contributed by atoms with E-state index in [0.717, 1.165) is 0 Å². The van der Waals surface area contributed by atoms with Crippen LogP contribution in [0.1, 0.15) is 51.4 Å². The van der Waals surface area contributed by atoms with Gasteiger partial charge in [-0.3, -0.25) is 0 Å². The molecule has 138 valence electrons. The minimum absolute atomic E-state index is 0. The Morgan fingerprint density at radius 2 is 1.16 bits per heavy atom. The molecule has 4 rings (SSSR count). The van der Waals surface area contributed by atoms with Crippen molar-refractivity contribution in [1.82, 2.24) is 0 Å². The molecule has 0 aromatic heterocycles. The molecule has 2 unspecified atom stereocenters. The van der Waals surface area contributed by atoms with Crippen molar-refractivity contribution in [2.24, 2.45) is 11.8 Å².